The van der Waals surface area contributed by atoms with E-state index in [-0.39, 0.29) is 0 Å². The van der Waals surface area contributed by atoms with Crippen molar-refractivity contribution in [3.05, 3.63) is 29.8 Å². The van der Waals surface area contributed by atoms with Crippen LogP contribution in [0.3, 0.4) is 0 Å². The summed E-state index contributed by atoms with van der Waals surface area (Å²) in [6.07, 6.45) is 2.70. The van der Waals surface area contributed by atoms with E-state index in [4.69, 9.17) is 9.47 Å². The Hall–Kier alpha value is -1.10. The molecule has 1 aliphatic carbocycles. The monoisotopic (exact) mass is 292 g/mol. The van der Waals surface area contributed by atoms with Gasteiger partial charge in [0.15, 0.2) is 0 Å². The molecule has 1 aromatic rings. The van der Waals surface area contributed by atoms with Crippen molar-refractivity contribution in [2.75, 3.05) is 40.0 Å². The van der Waals surface area contributed by atoms with Crippen molar-refractivity contribution < 1.29 is 9.47 Å². The van der Waals surface area contributed by atoms with Crippen LogP contribution in [-0.4, -0.2) is 50.9 Å². The molecule has 0 heterocycles. The summed E-state index contributed by atoms with van der Waals surface area (Å²) in [5.74, 6) is 0.920. The van der Waals surface area contributed by atoms with Gasteiger partial charge in [-0.05, 0) is 44.1 Å². The Morgan fingerprint density at radius 1 is 1.24 bits per heavy atom. The lowest BCUT2D eigenvalue weighted by atomic mass is 10.2. The first-order chi connectivity index (χ1) is 10.3. The third-order valence-corrected chi connectivity index (χ3v) is 3.73. The van der Waals surface area contributed by atoms with E-state index in [1.54, 1.807) is 0 Å². The topological polar surface area (TPSA) is 33.7 Å². The average Bonchev–Trinajstić information content (AvgIpc) is 3.33. The van der Waals surface area contributed by atoms with Gasteiger partial charge in [-0.2, -0.15) is 0 Å². The summed E-state index contributed by atoms with van der Waals surface area (Å²) in [6.45, 7) is 7.04. The van der Waals surface area contributed by atoms with E-state index in [0.29, 0.717) is 13.2 Å². The maximum atomic E-state index is 5.73. The van der Waals surface area contributed by atoms with E-state index in [9.17, 15) is 0 Å². The predicted molar refractivity (Wildman–Crippen MR) is 85.8 cm³/mol. The average molecular weight is 292 g/mol. The number of rotatable bonds is 11. The summed E-state index contributed by atoms with van der Waals surface area (Å²) in [4.78, 5) is 2.38. The van der Waals surface area contributed by atoms with Gasteiger partial charge in [0.2, 0.25) is 0 Å². The fourth-order valence-electron chi connectivity index (χ4n) is 2.24. The molecule has 1 aromatic carbocycles. The second kappa shape index (κ2) is 9.03. The standard InChI is InChI=1S/C17H28N2O2/c1-3-18-14-15-5-4-6-17(13-15)21-12-11-20-10-9-19(2)16-7-8-16/h4-6,13,16,18H,3,7-12,14H2,1-2H3. The molecule has 1 saturated carbocycles. The van der Waals surface area contributed by atoms with Crippen LogP contribution in [0.1, 0.15) is 25.3 Å². The van der Waals surface area contributed by atoms with Gasteiger partial charge in [0.05, 0.1) is 13.2 Å². The lowest BCUT2D eigenvalue weighted by Gasteiger charge is -2.15. The number of ether oxygens (including phenoxy) is 2. The van der Waals surface area contributed by atoms with Gasteiger partial charge in [-0.15, -0.1) is 0 Å². The van der Waals surface area contributed by atoms with Crippen molar-refractivity contribution >= 4 is 0 Å². The normalized spacial score (nSPS) is 14.6. The highest BCUT2D eigenvalue weighted by Gasteiger charge is 2.25. The van der Waals surface area contributed by atoms with Crippen LogP contribution < -0.4 is 10.1 Å². The summed E-state index contributed by atoms with van der Waals surface area (Å²) in [7, 11) is 2.17. The fraction of sp³-hybridized carbons (Fsp3) is 0.647. The lowest BCUT2D eigenvalue weighted by molar-refractivity contribution is 0.0835. The molecule has 2 rings (SSSR count). The molecule has 118 valence electrons. The van der Waals surface area contributed by atoms with Crippen molar-refractivity contribution in [2.24, 2.45) is 0 Å². The molecule has 0 aromatic heterocycles. The molecule has 1 fully saturated rings. The number of nitrogens with one attached hydrogen (secondary N) is 1. The van der Waals surface area contributed by atoms with Crippen LogP contribution in [0.25, 0.3) is 0 Å². The Labute approximate surface area is 128 Å². The zero-order valence-electron chi connectivity index (χ0n) is 13.3. The van der Waals surface area contributed by atoms with Crippen LogP contribution in [-0.2, 0) is 11.3 Å². The molecule has 1 aliphatic rings. The maximum Gasteiger partial charge on any atom is 0.119 e. The van der Waals surface area contributed by atoms with Gasteiger partial charge < -0.3 is 19.7 Å². The van der Waals surface area contributed by atoms with Gasteiger partial charge in [-0.25, -0.2) is 0 Å². The van der Waals surface area contributed by atoms with Crippen molar-refractivity contribution in [3.63, 3.8) is 0 Å². The third-order valence-electron chi connectivity index (χ3n) is 3.73. The number of hydrogen-bond acceptors (Lipinski definition) is 4. The first kappa shape index (κ1) is 16.3. The summed E-state index contributed by atoms with van der Waals surface area (Å²) in [5, 5.41) is 3.32. The van der Waals surface area contributed by atoms with Crippen LogP contribution in [0.15, 0.2) is 24.3 Å². The molecule has 0 amide bonds. The first-order valence-corrected chi connectivity index (χ1v) is 8.00. The van der Waals surface area contributed by atoms with E-state index in [2.05, 4.69) is 36.3 Å². The minimum absolute atomic E-state index is 0.609. The summed E-state index contributed by atoms with van der Waals surface area (Å²) in [5.41, 5.74) is 1.25. The number of nitrogens with zero attached hydrogens (tertiary/aromatic N) is 1. The fourth-order valence-corrected chi connectivity index (χ4v) is 2.24. The molecule has 0 spiro atoms. The molecule has 0 radical (unpaired) electrons. The third kappa shape index (κ3) is 6.46. The van der Waals surface area contributed by atoms with Crippen LogP contribution in [0.2, 0.25) is 0 Å². The quantitative estimate of drug-likeness (QED) is 0.635. The van der Waals surface area contributed by atoms with Gasteiger partial charge in [-0.3, -0.25) is 0 Å². The summed E-state index contributed by atoms with van der Waals surface area (Å²) < 4.78 is 11.3. The summed E-state index contributed by atoms with van der Waals surface area (Å²) in [6, 6.07) is 9.04. The van der Waals surface area contributed by atoms with E-state index >= 15 is 0 Å². The SMILES string of the molecule is CCNCc1cccc(OCCOCCN(C)C2CC2)c1. The first-order valence-electron chi connectivity index (χ1n) is 8.00. The minimum atomic E-state index is 0.609. The highest BCUT2D eigenvalue weighted by Crippen LogP contribution is 2.24. The molecule has 4 heteroatoms. The Morgan fingerprint density at radius 3 is 2.86 bits per heavy atom. The van der Waals surface area contributed by atoms with Crippen LogP contribution >= 0.6 is 0 Å². The van der Waals surface area contributed by atoms with Gasteiger partial charge in [0.25, 0.3) is 0 Å². The molecule has 21 heavy (non-hydrogen) atoms. The molecular weight excluding hydrogens is 264 g/mol. The van der Waals surface area contributed by atoms with Gasteiger partial charge in [0.1, 0.15) is 12.4 Å². The predicted octanol–water partition coefficient (Wildman–Crippen LogP) is 2.29. The highest BCUT2D eigenvalue weighted by molar-refractivity contribution is 5.28. The number of likely N-dealkylation sites (N-methyl/N-ethyl adjacent to an activating group) is 1. The Kier molecular flexibility index (Phi) is 7.00. The van der Waals surface area contributed by atoms with E-state index in [0.717, 1.165) is 38.0 Å². The number of hydrogen-bond donors (Lipinski definition) is 1. The molecule has 1 N–H and O–H groups in total. The van der Waals surface area contributed by atoms with Crippen LogP contribution in [0.4, 0.5) is 0 Å². The lowest BCUT2D eigenvalue weighted by Crippen LogP contribution is -2.25. The molecule has 4 nitrogen and oxygen atoms in total. The Morgan fingerprint density at radius 2 is 2.10 bits per heavy atom. The van der Waals surface area contributed by atoms with Crippen molar-refractivity contribution in [3.8, 4) is 5.75 Å². The second-order valence-corrected chi connectivity index (χ2v) is 5.60. The van der Waals surface area contributed by atoms with E-state index in [1.165, 1.54) is 18.4 Å². The second-order valence-electron chi connectivity index (χ2n) is 5.60. The van der Waals surface area contributed by atoms with Crippen LogP contribution in [0, 0.1) is 0 Å². The Balaban J connectivity index is 1.55. The maximum absolute atomic E-state index is 5.73. The molecule has 0 unspecified atom stereocenters. The Bertz CT molecular complexity index is 408. The number of benzene rings is 1. The minimum Gasteiger partial charge on any atom is -0.491 e. The van der Waals surface area contributed by atoms with Crippen molar-refractivity contribution in [1.29, 1.82) is 0 Å². The largest absolute Gasteiger partial charge is 0.491 e. The molecular formula is C17H28N2O2. The van der Waals surface area contributed by atoms with Crippen molar-refractivity contribution in [2.45, 2.75) is 32.4 Å². The molecule has 0 atom stereocenters. The zero-order chi connectivity index (χ0) is 14.9. The summed E-state index contributed by atoms with van der Waals surface area (Å²) >= 11 is 0. The zero-order valence-corrected chi connectivity index (χ0v) is 13.3. The smallest absolute Gasteiger partial charge is 0.119 e. The highest BCUT2D eigenvalue weighted by atomic mass is 16.5. The van der Waals surface area contributed by atoms with Crippen molar-refractivity contribution in [1.82, 2.24) is 10.2 Å². The van der Waals surface area contributed by atoms with Crippen LogP contribution in [0.5, 0.6) is 5.75 Å². The van der Waals surface area contributed by atoms with E-state index in [1.807, 2.05) is 12.1 Å². The van der Waals surface area contributed by atoms with Gasteiger partial charge in [-0.1, -0.05) is 19.1 Å². The molecule has 0 bridgehead atoms. The van der Waals surface area contributed by atoms with Gasteiger partial charge >= 0.3 is 0 Å². The van der Waals surface area contributed by atoms with E-state index < -0.39 is 0 Å². The van der Waals surface area contributed by atoms with Gasteiger partial charge in [0, 0.05) is 19.1 Å². The molecule has 0 aliphatic heterocycles. The molecule has 0 saturated heterocycles.